The van der Waals surface area contributed by atoms with Crippen molar-refractivity contribution in [2.75, 3.05) is 39.0 Å². The second-order valence-corrected chi connectivity index (χ2v) is 9.90. The molecule has 0 aromatic carbocycles. The van der Waals surface area contributed by atoms with Gasteiger partial charge in [0.1, 0.15) is 0 Å². The Balaban J connectivity index is 2.37. The zero-order valence-corrected chi connectivity index (χ0v) is 15.8. The van der Waals surface area contributed by atoms with Gasteiger partial charge in [-0.25, -0.2) is 17.2 Å². The summed E-state index contributed by atoms with van der Waals surface area (Å²) >= 11 is 0. The van der Waals surface area contributed by atoms with Gasteiger partial charge in [0.25, 0.3) is 6.43 Å². The fourth-order valence-electron chi connectivity index (χ4n) is 2.45. The summed E-state index contributed by atoms with van der Waals surface area (Å²) in [5, 5.41) is 6.25. The van der Waals surface area contributed by atoms with Gasteiger partial charge in [-0.15, -0.1) is 0 Å². The van der Waals surface area contributed by atoms with E-state index in [1.165, 1.54) is 0 Å². The smallest absolute Gasteiger partial charge is 0.251 e. The molecule has 24 heavy (non-hydrogen) atoms. The Morgan fingerprint density at radius 2 is 1.88 bits per heavy atom. The molecule has 1 heterocycles. The summed E-state index contributed by atoms with van der Waals surface area (Å²) in [6, 6.07) is 0.157. The molecule has 1 saturated heterocycles. The number of piperidine rings is 1. The quantitative estimate of drug-likeness (QED) is 0.542. The molecular formula is C15H30F2N4O2S. The van der Waals surface area contributed by atoms with E-state index in [0.29, 0.717) is 19.0 Å². The van der Waals surface area contributed by atoms with E-state index in [4.69, 9.17) is 0 Å². The van der Waals surface area contributed by atoms with Crippen molar-refractivity contribution < 1.29 is 17.2 Å². The van der Waals surface area contributed by atoms with Gasteiger partial charge in [0.2, 0.25) is 0 Å². The van der Waals surface area contributed by atoms with Gasteiger partial charge in [-0.1, -0.05) is 0 Å². The fourth-order valence-corrected chi connectivity index (χ4v) is 3.44. The van der Waals surface area contributed by atoms with Crippen LogP contribution in [0.4, 0.5) is 8.78 Å². The van der Waals surface area contributed by atoms with Crippen LogP contribution in [0.25, 0.3) is 0 Å². The summed E-state index contributed by atoms with van der Waals surface area (Å²) in [6.07, 6.45) is -0.782. The number of likely N-dealkylation sites (tertiary alicyclic amines) is 1. The average molecular weight is 368 g/mol. The van der Waals surface area contributed by atoms with Crippen molar-refractivity contribution in [3.05, 3.63) is 0 Å². The molecular weight excluding hydrogens is 338 g/mol. The van der Waals surface area contributed by atoms with Crippen LogP contribution in [-0.4, -0.2) is 75.5 Å². The predicted molar refractivity (Wildman–Crippen MR) is 93.5 cm³/mol. The second-order valence-electron chi connectivity index (χ2n) is 7.04. The number of hydrogen-bond donors (Lipinski definition) is 2. The van der Waals surface area contributed by atoms with E-state index in [1.54, 1.807) is 32.7 Å². The van der Waals surface area contributed by atoms with E-state index < -0.39 is 21.0 Å². The largest absolute Gasteiger partial charge is 0.355 e. The van der Waals surface area contributed by atoms with Crippen molar-refractivity contribution in [3.8, 4) is 0 Å². The van der Waals surface area contributed by atoms with Gasteiger partial charge in [-0.2, -0.15) is 0 Å². The molecule has 0 atom stereocenters. The van der Waals surface area contributed by atoms with Crippen LogP contribution in [0.15, 0.2) is 4.99 Å². The lowest BCUT2D eigenvalue weighted by Gasteiger charge is -2.32. The number of guanidine groups is 1. The first-order valence-electron chi connectivity index (χ1n) is 8.25. The molecule has 6 nitrogen and oxygen atoms in total. The van der Waals surface area contributed by atoms with E-state index in [9.17, 15) is 17.2 Å². The molecule has 9 heteroatoms. The van der Waals surface area contributed by atoms with E-state index in [1.807, 2.05) is 0 Å². The molecule has 0 bridgehead atoms. The van der Waals surface area contributed by atoms with Crippen molar-refractivity contribution in [1.29, 1.82) is 0 Å². The van der Waals surface area contributed by atoms with Crippen LogP contribution in [0.2, 0.25) is 0 Å². The summed E-state index contributed by atoms with van der Waals surface area (Å²) in [6.45, 7) is 6.40. The molecule has 0 aromatic heterocycles. The maximum Gasteiger partial charge on any atom is 0.251 e. The lowest BCUT2D eigenvalue weighted by atomic mass is 10.1. The maximum absolute atomic E-state index is 12.4. The minimum Gasteiger partial charge on any atom is -0.355 e. The van der Waals surface area contributed by atoms with Crippen LogP contribution in [-0.2, 0) is 9.84 Å². The van der Waals surface area contributed by atoms with Crippen molar-refractivity contribution in [2.24, 2.45) is 4.99 Å². The Morgan fingerprint density at radius 3 is 2.33 bits per heavy atom. The van der Waals surface area contributed by atoms with Crippen LogP contribution in [0.3, 0.4) is 0 Å². The highest BCUT2D eigenvalue weighted by Crippen LogP contribution is 2.15. The molecule has 1 rings (SSSR count). The molecule has 142 valence electrons. The first-order valence-corrected chi connectivity index (χ1v) is 9.90. The number of alkyl halides is 2. The molecule has 0 amide bonds. The topological polar surface area (TPSA) is 73.8 Å². The normalized spacial score (nSPS) is 18.9. The van der Waals surface area contributed by atoms with Gasteiger partial charge < -0.3 is 10.6 Å². The zero-order valence-electron chi connectivity index (χ0n) is 15.0. The number of hydrogen-bond acceptors (Lipinski definition) is 4. The van der Waals surface area contributed by atoms with E-state index in [-0.39, 0.29) is 24.9 Å². The molecule has 0 unspecified atom stereocenters. The van der Waals surface area contributed by atoms with Crippen LogP contribution < -0.4 is 10.6 Å². The van der Waals surface area contributed by atoms with Gasteiger partial charge in [-0.05, 0) is 33.6 Å². The average Bonchev–Trinajstić information content (AvgIpc) is 2.46. The predicted octanol–water partition coefficient (Wildman–Crippen LogP) is 1.09. The molecule has 0 radical (unpaired) electrons. The monoisotopic (exact) mass is 368 g/mol. The highest BCUT2D eigenvalue weighted by atomic mass is 32.2. The summed E-state index contributed by atoms with van der Waals surface area (Å²) in [5.74, 6) is 0.579. The number of rotatable bonds is 6. The Labute approximate surface area is 144 Å². The third kappa shape index (κ3) is 6.88. The molecule has 2 N–H and O–H groups in total. The standard InChI is InChI=1S/C15H30F2N4O2S/c1-15(2,3)24(22,23)10-7-19-14(18-4)20-12-5-8-21(9-6-12)11-13(16)17/h12-13H,5-11H2,1-4H3,(H2,18,19,20). The Morgan fingerprint density at radius 1 is 1.29 bits per heavy atom. The number of nitrogens with one attached hydrogen (secondary N) is 2. The lowest BCUT2D eigenvalue weighted by Crippen LogP contribution is -2.50. The number of halogens is 2. The summed E-state index contributed by atoms with van der Waals surface area (Å²) in [5.41, 5.74) is 0. The van der Waals surface area contributed by atoms with Crippen LogP contribution in [0.5, 0.6) is 0 Å². The molecule has 0 saturated carbocycles. The van der Waals surface area contributed by atoms with Crippen molar-refractivity contribution in [3.63, 3.8) is 0 Å². The van der Waals surface area contributed by atoms with Crippen molar-refractivity contribution in [2.45, 2.75) is 50.8 Å². The Kier molecular flexibility index (Phi) is 7.85. The third-order valence-corrected chi connectivity index (χ3v) is 6.75. The lowest BCUT2D eigenvalue weighted by molar-refractivity contribution is 0.0744. The zero-order chi connectivity index (χ0) is 18.4. The molecule has 1 fully saturated rings. The molecule has 0 aromatic rings. The van der Waals surface area contributed by atoms with Gasteiger partial charge >= 0.3 is 0 Å². The van der Waals surface area contributed by atoms with Crippen molar-refractivity contribution in [1.82, 2.24) is 15.5 Å². The van der Waals surface area contributed by atoms with Gasteiger partial charge in [0.05, 0.1) is 17.0 Å². The van der Waals surface area contributed by atoms with Crippen LogP contribution in [0.1, 0.15) is 33.6 Å². The van der Waals surface area contributed by atoms with Crippen LogP contribution >= 0.6 is 0 Å². The van der Waals surface area contributed by atoms with Gasteiger partial charge in [0, 0.05) is 32.7 Å². The van der Waals surface area contributed by atoms with E-state index in [2.05, 4.69) is 15.6 Å². The van der Waals surface area contributed by atoms with Crippen molar-refractivity contribution >= 4 is 15.8 Å². The molecule has 1 aliphatic rings. The summed E-state index contributed by atoms with van der Waals surface area (Å²) in [7, 11) is -1.55. The number of sulfone groups is 1. The van der Waals surface area contributed by atoms with Gasteiger partial charge in [-0.3, -0.25) is 9.89 Å². The van der Waals surface area contributed by atoms with Crippen LogP contribution in [0, 0.1) is 0 Å². The second kappa shape index (κ2) is 8.94. The maximum atomic E-state index is 12.4. The minimum atomic E-state index is -3.18. The SMILES string of the molecule is CN=C(NCCS(=O)(=O)C(C)(C)C)NC1CCN(CC(F)F)CC1. The third-order valence-electron chi connectivity index (χ3n) is 4.14. The number of nitrogens with zero attached hydrogens (tertiary/aromatic N) is 2. The highest BCUT2D eigenvalue weighted by Gasteiger charge is 2.28. The van der Waals surface area contributed by atoms with Gasteiger partial charge in [0.15, 0.2) is 15.8 Å². The Bertz CT molecular complexity index is 510. The first-order chi connectivity index (χ1) is 11.0. The molecule has 0 spiro atoms. The van der Waals surface area contributed by atoms with E-state index in [0.717, 1.165) is 12.8 Å². The fraction of sp³-hybridized carbons (Fsp3) is 0.933. The molecule has 1 aliphatic heterocycles. The first kappa shape index (κ1) is 21.1. The summed E-state index contributed by atoms with van der Waals surface area (Å²) < 4.78 is 48.1. The minimum absolute atomic E-state index is 0.0318. The molecule has 0 aliphatic carbocycles. The summed E-state index contributed by atoms with van der Waals surface area (Å²) in [4.78, 5) is 5.86. The van der Waals surface area contributed by atoms with E-state index >= 15 is 0 Å². The highest BCUT2D eigenvalue weighted by molar-refractivity contribution is 7.92. The number of aliphatic imine (C=N–C) groups is 1. The Hall–Kier alpha value is -0.960.